The van der Waals surface area contributed by atoms with E-state index in [0.29, 0.717) is 33.9 Å². The minimum absolute atomic E-state index is 0.122. The topological polar surface area (TPSA) is 121 Å². The molecule has 0 spiro atoms. The molecule has 0 saturated heterocycles. The van der Waals surface area contributed by atoms with Crippen LogP contribution in [-0.4, -0.2) is 22.5 Å². The Labute approximate surface area is 165 Å². The summed E-state index contributed by atoms with van der Waals surface area (Å²) >= 11 is 1.13. The van der Waals surface area contributed by atoms with Crippen LogP contribution in [0.2, 0.25) is 0 Å². The van der Waals surface area contributed by atoms with Crippen LogP contribution in [0.25, 0.3) is 10.2 Å². The van der Waals surface area contributed by atoms with E-state index in [4.69, 9.17) is 0 Å². The van der Waals surface area contributed by atoms with Crippen LogP contribution in [0.4, 0.5) is 15.6 Å². The quantitative estimate of drug-likeness (QED) is 0.479. The van der Waals surface area contributed by atoms with Crippen LogP contribution in [0.5, 0.6) is 0 Å². The number of thiazole rings is 1. The predicted octanol–water partition coefficient (Wildman–Crippen LogP) is 4.20. The fourth-order valence-corrected chi connectivity index (χ4v) is 3.97. The van der Waals surface area contributed by atoms with Crippen molar-refractivity contribution in [2.45, 2.75) is 19.3 Å². The highest BCUT2D eigenvalue weighted by atomic mass is 32.1. The van der Waals surface area contributed by atoms with Gasteiger partial charge in [-0.25, -0.2) is 9.78 Å². The van der Waals surface area contributed by atoms with Gasteiger partial charge in [-0.2, -0.15) is 5.26 Å². The lowest BCUT2D eigenvalue weighted by molar-refractivity contribution is -0.385. The molecule has 0 fully saturated rings. The number of aromatic nitrogens is 1. The molecule has 2 aromatic carbocycles. The molecule has 8 nitrogen and oxygen atoms in total. The molecule has 3 aromatic rings. The summed E-state index contributed by atoms with van der Waals surface area (Å²) in [4.78, 5) is 27.2. The number of nitro benzene ring substituents is 1. The van der Waals surface area contributed by atoms with Gasteiger partial charge in [-0.05, 0) is 25.0 Å². The van der Waals surface area contributed by atoms with Gasteiger partial charge in [0.15, 0.2) is 5.13 Å². The van der Waals surface area contributed by atoms with E-state index < -0.39 is 16.9 Å². The van der Waals surface area contributed by atoms with Gasteiger partial charge in [0.1, 0.15) is 0 Å². The number of fused-ring (bicyclic) bond motifs is 1. The number of anilines is 1. The summed E-state index contributed by atoms with van der Waals surface area (Å²) in [5.41, 5.74) is 1.62. The van der Waals surface area contributed by atoms with Gasteiger partial charge in [0.25, 0.3) is 5.69 Å². The second-order valence-electron chi connectivity index (χ2n) is 5.98. The maximum Gasteiger partial charge on any atom is 0.321 e. The number of carbonyl (C=O) groups is 1. The maximum atomic E-state index is 11.8. The Balaban J connectivity index is 2.07. The summed E-state index contributed by atoms with van der Waals surface area (Å²) in [7, 11) is 0. The molecule has 0 bridgehead atoms. The average molecular weight is 395 g/mol. The van der Waals surface area contributed by atoms with Crippen LogP contribution in [0.3, 0.4) is 0 Å². The SMILES string of the molecule is CCNC(=O)Nc1nc2ccc([N+](=O)[O-])c(C(C#N)Cc3ccccc3)c2s1. The second kappa shape index (κ2) is 8.45. The summed E-state index contributed by atoms with van der Waals surface area (Å²) in [5.74, 6) is -0.718. The Morgan fingerprint density at radius 2 is 2.07 bits per heavy atom. The molecule has 9 heteroatoms. The maximum absolute atomic E-state index is 11.8. The van der Waals surface area contributed by atoms with Gasteiger partial charge < -0.3 is 5.32 Å². The zero-order chi connectivity index (χ0) is 20.1. The molecule has 0 aliphatic carbocycles. The second-order valence-corrected chi connectivity index (χ2v) is 6.98. The molecule has 2 amide bonds. The van der Waals surface area contributed by atoms with Crippen LogP contribution in [0.1, 0.15) is 24.0 Å². The summed E-state index contributed by atoms with van der Waals surface area (Å²) in [6.07, 6.45) is 0.342. The molecule has 1 heterocycles. The van der Waals surface area contributed by atoms with Crippen LogP contribution in [0.15, 0.2) is 42.5 Å². The fourth-order valence-electron chi connectivity index (χ4n) is 2.92. The Morgan fingerprint density at radius 1 is 1.32 bits per heavy atom. The number of nitriles is 1. The summed E-state index contributed by atoms with van der Waals surface area (Å²) in [6.45, 7) is 2.25. The smallest absolute Gasteiger partial charge is 0.321 e. The first-order valence-corrected chi connectivity index (χ1v) is 9.41. The number of nitro groups is 1. The zero-order valence-electron chi connectivity index (χ0n) is 15.0. The number of benzene rings is 2. The van der Waals surface area contributed by atoms with E-state index in [9.17, 15) is 20.2 Å². The van der Waals surface area contributed by atoms with Crippen LogP contribution in [0, 0.1) is 21.4 Å². The number of nitrogens with one attached hydrogen (secondary N) is 2. The highest BCUT2D eigenvalue weighted by Crippen LogP contribution is 2.39. The lowest BCUT2D eigenvalue weighted by atomic mass is 9.91. The molecule has 1 atom stereocenters. The van der Waals surface area contributed by atoms with E-state index in [1.165, 1.54) is 12.1 Å². The van der Waals surface area contributed by atoms with Crippen molar-refractivity contribution in [3.8, 4) is 6.07 Å². The Bertz CT molecular complexity index is 1060. The minimum Gasteiger partial charge on any atom is -0.338 e. The van der Waals surface area contributed by atoms with Gasteiger partial charge in [0.05, 0.1) is 32.7 Å². The first-order chi connectivity index (χ1) is 13.5. The van der Waals surface area contributed by atoms with E-state index in [0.717, 1.165) is 16.9 Å². The summed E-state index contributed by atoms with van der Waals surface area (Å²) < 4.78 is 0.531. The number of amides is 2. The van der Waals surface area contributed by atoms with E-state index in [1.54, 1.807) is 6.92 Å². The van der Waals surface area contributed by atoms with Crippen LogP contribution in [-0.2, 0) is 6.42 Å². The van der Waals surface area contributed by atoms with E-state index in [2.05, 4.69) is 21.7 Å². The molecule has 0 radical (unpaired) electrons. The highest BCUT2D eigenvalue weighted by molar-refractivity contribution is 7.22. The molecular weight excluding hydrogens is 378 g/mol. The van der Waals surface area contributed by atoms with Gasteiger partial charge in [-0.15, -0.1) is 0 Å². The fraction of sp³-hybridized carbons (Fsp3) is 0.211. The molecule has 0 aliphatic heterocycles. The number of urea groups is 1. The number of carbonyl (C=O) groups excluding carboxylic acids is 1. The largest absolute Gasteiger partial charge is 0.338 e. The Morgan fingerprint density at radius 3 is 2.71 bits per heavy atom. The van der Waals surface area contributed by atoms with E-state index >= 15 is 0 Å². The number of nitrogens with zero attached hydrogens (tertiary/aromatic N) is 3. The molecular formula is C19H17N5O3S. The molecule has 2 N–H and O–H groups in total. The lowest BCUT2D eigenvalue weighted by Gasteiger charge is -2.11. The Hall–Kier alpha value is -3.51. The van der Waals surface area contributed by atoms with Crippen molar-refractivity contribution in [3.05, 3.63) is 63.7 Å². The third-order valence-corrected chi connectivity index (χ3v) is 5.13. The Kier molecular flexibility index (Phi) is 5.81. The third-order valence-electron chi connectivity index (χ3n) is 4.11. The predicted molar refractivity (Wildman–Crippen MR) is 107 cm³/mol. The van der Waals surface area contributed by atoms with Crippen LogP contribution < -0.4 is 10.6 Å². The van der Waals surface area contributed by atoms with Crippen molar-refractivity contribution < 1.29 is 9.72 Å². The van der Waals surface area contributed by atoms with Crippen molar-refractivity contribution in [2.24, 2.45) is 0 Å². The molecule has 142 valence electrons. The highest BCUT2D eigenvalue weighted by Gasteiger charge is 2.27. The molecule has 1 unspecified atom stereocenters. The van der Waals surface area contributed by atoms with Crippen molar-refractivity contribution in [2.75, 3.05) is 11.9 Å². The van der Waals surface area contributed by atoms with Gasteiger partial charge >= 0.3 is 6.03 Å². The molecule has 0 saturated carbocycles. The molecule has 0 aliphatic rings. The monoisotopic (exact) mass is 395 g/mol. The molecule has 1 aromatic heterocycles. The first-order valence-electron chi connectivity index (χ1n) is 8.59. The average Bonchev–Trinajstić information content (AvgIpc) is 3.08. The third kappa shape index (κ3) is 4.07. The van der Waals surface area contributed by atoms with Crippen molar-refractivity contribution in [1.82, 2.24) is 10.3 Å². The van der Waals surface area contributed by atoms with Crippen molar-refractivity contribution in [1.29, 1.82) is 5.26 Å². The normalized spacial score (nSPS) is 11.6. The van der Waals surface area contributed by atoms with Crippen LogP contribution >= 0.6 is 11.3 Å². The number of rotatable bonds is 6. The molecule has 28 heavy (non-hydrogen) atoms. The van der Waals surface area contributed by atoms with Gasteiger partial charge in [-0.3, -0.25) is 15.4 Å². The van der Waals surface area contributed by atoms with E-state index in [-0.39, 0.29) is 5.69 Å². The lowest BCUT2D eigenvalue weighted by Crippen LogP contribution is -2.28. The van der Waals surface area contributed by atoms with Gasteiger partial charge in [0, 0.05) is 12.6 Å². The summed E-state index contributed by atoms with van der Waals surface area (Å²) in [6, 6.07) is 14.0. The summed E-state index contributed by atoms with van der Waals surface area (Å²) in [5, 5.41) is 26.9. The van der Waals surface area contributed by atoms with E-state index in [1.807, 2.05) is 30.3 Å². The number of hydrogen-bond donors (Lipinski definition) is 2. The van der Waals surface area contributed by atoms with Crippen molar-refractivity contribution >= 4 is 38.4 Å². The van der Waals surface area contributed by atoms with Gasteiger partial charge in [0.2, 0.25) is 0 Å². The van der Waals surface area contributed by atoms with Crippen molar-refractivity contribution in [3.63, 3.8) is 0 Å². The molecule has 3 rings (SSSR count). The zero-order valence-corrected chi connectivity index (χ0v) is 15.8. The first kappa shape index (κ1) is 19.3. The minimum atomic E-state index is -0.718. The van der Waals surface area contributed by atoms with Gasteiger partial charge in [-0.1, -0.05) is 41.7 Å². The standard InChI is InChI=1S/C19H17N5O3S/c1-2-21-18(25)23-19-22-14-8-9-15(24(26)27)16(17(14)28-19)13(11-20)10-12-6-4-3-5-7-12/h3-9,13H,2,10H2,1H3,(H2,21,22,23,25). The number of hydrogen-bond acceptors (Lipinski definition) is 6.